The molecular formula is C15H25N3O2. The number of carbonyl (C=O) groups excluding carboxylic acids is 1. The molecule has 0 spiro atoms. The molecule has 20 heavy (non-hydrogen) atoms. The second-order valence-electron chi connectivity index (χ2n) is 4.66. The number of hydrogen-bond acceptors (Lipinski definition) is 4. The van der Waals surface area contributed by atoms with E-state index in [0.29, 0.717) is 18.7 Å². The van der Waals surface area contributed by atoms with E-state index in [2.05, 4.69) is 29.5 Å². The van der Waals surface area contributed by atoms with Gasteiger partial charge in [-0.15, -0.1) is 0 Å². The van der Waals surface area contributed by atoms with E-state index in [1.165, 1.54) is 0 Å². The molecule has 1 heterocycles. The first-order valence-corrected chi connectivity index (χ1v) is 7.23. The van der Waals surface area contributed by atoms with E-state index in [-0.39, 0.29) is 5.91 Å². The van der Waals surface area contributed by atoms with E-state index in [1.54, 1.807) is 13.2 Å². The maximum Gasteiger partial charge on any atom is 0.251 e. The van der Waals surface area contributed by atoms with Gasteiger partial charge in [0.2, 0.25) is 0 Å². The molecule has 0 aromatic carbocycles. The van der Waals surface area contributed by atoms with Crippen LogP contribution in [0.3, 0.4) is 0 Å². The highest BCUT2D eigenvalue weighted by atomic mass is 16.5. The van der Waals surface area contributed by atoms with Gasteiger partial charge in [0.05, 0.1) is 6.61 Å². The van der Waals surface area contributed by atoms with Gasteiger partial charge >= 0.3 is 0 Å². The van der Waals surface area contributed by atoms with E-state index in [1.807, 2.05) is 6.07 Å². The Morgan fingerprint density at radius 3 is 2.70 bits per heavy atom. The molecule has 0 unspecified atom stereocenters. The predicted molar refractivity (Wildman–Crippen MR) is 81.2 cm³/mol. The number of pyridine rings is 1. The maximum atomic E-state index is 12.1. The number of rotatable bonds is 9. The first-order valence-electron chi connectivity index (χ1n) is 7.23. The van der Waals surface area contributed by atoms with Crippen molar-refractivity contribution in [3.8, 4) is 0 Å². The summed E-state index contributed by atoms with van der Waals surface area (Å²) in [6.45, 7) is 6.08. The zero-order chi connectivity index (χ0) is 14.8. The molecule has 5 heteroatoms. The number of nitrogens with one attached hydrogen (secondary N) is 2. The Hall–Kier alpha value is -1.62. The summed E-state index contributed by atoms with van der Waals surface area (Å²) in [6.07, 6.45) is 2.91. The standard InChI is InChI=1S/C15H25N3O2/c1-4-6-13-10-12(15(19)17-8-9-20-3)11-14(18-13)16-7-5-2/h10-11H,4-9H2,1-3H3,(H,16,18)(H,17,19). The third kappa shape index (κ3) is 5.57. The maximum absolute atomic E-state index is 12.1. The van der Waals surface area contributed by atoms with Crippen LogP contribution in [0.5, 0.6) is 0 Å². The van der Waals surface area contributed by atoms with Crippen LogP contribution in [0.2, 0.25) is 0 Å². The zero-order valence-corrected chi connectivity index (χ0v) is 12.7. The van der Waals surface area contributed by atoms with Gasteiger partial charge in [-0.2, -0.15) is 0 Å². The molecular weight excluding hydrogens is 254 g/mol. The van der Waals surface area contributed by atoms with E-state index in [0.717, 1.165) is 37.3 Å². The van der Waals surface area contributed by atoms with Crippen LogP contribution in [0.4, 0.5) is 5.82 Å². The number of amides is 1. The second-order valence-corrected chi connectivity index (χ2v) is 4.66. The summed E-state index contributed by atoms with van der Waals surface area (Å²) in [6, 6.07) is 3.67. The fraction of sp³-hybridized carbons (Fsp3) is 0.600. The molecule has 1 rings (SSSR count). The molecule has 0 aliphatic heterocycles. The van der Waals surface area contributed by atoms with Crippen molar-refractivity contribution in [3.63, 3.8) is 0 Å². The summed E-state index contributed by atoms with van der Waals surface area (Å²) >= 11 is 0. The van der Waals surface area contributed by atoms with E-state index >= 15 is 0 Å². The van der Waals surface area contributed by atoms with Gasteiger partial charge < -0.3 is 15.4 Å². The van der Waals surface area contributed by atoms with Crippen molar-refractivity contribution in [1.29, 1.82) is 0 Å². The molecule has 1 amide bonds. The Kier molecular flexibility index (Phi) is 7.65. The predicted octanol–water partition coefficient (Wildman–Crippen LogP) is 2.23. The van der Waals surface area contributed by atoms with Crippen molar-refractivity contribution in [2.24, 2.45) is 0 Å². The van der Waals surface area contributed by atoms with Gasteiger partial charge in [-0.3, -0.25) is 4.79 Å². The first kappa shape index (κ1) is 16.4. The molecule has 0 atom stereocenters. The summed E-state index contributed by atoms with van der Waals surface area (Å²) in [5.74, 6) is 0.691. The highest BCUT2D eigenvalue weighted by Crippen LogP contribution is 2.12. The molecule has 0 aliphatic carbocycles. The molecule has 0 saturated carbocycles. The average Bonchev–Trinajstić information content (AvgIpc) is 2.45. The molecule has 0 radical (unpaired) electrons. The van der Waals surface area contributed by atoms with E-state index in [9.17, 15) is 4.79 Å². The first-order chi connectivity index (χ1) is 9.71. The lowest BCUT2D eigenvalue weighted by Gasteiger charge is -2.10. The van der Waals surface area contributed by atoms with Crippen LogP contribution in [0.1, 0.15) is 42.7 Å². The Morgan fingerprint density at radius 2 is 2.05 bits per heavy atom. The number of hydrogen-bond donors (Lipinski definition) is 2. The van der Waals surface area contributed by atoms with Gasteiger partial charge in [-0.05, 0) is 25.0 Å². The minimum atomic E-state index is -0.0821. The van der Waals surface area contributed by atoms with Gasteiger partial charge in [-0.1, -0.05) is 20.3 Å². The molecule has 0 aliphatic rings. The third-order valence-electron chi connectivity index (χ3n) is 2.79. The zero-order valence-electron chi connectivity index (χ0n) is 12.7. The summed E-state index contributed by atoms with van der Waals surface area (Å²) in [5, 5.41) is 6.07. The monoisotopic (exact) mass is 279 g/mol. The van der Waals surface area contributed by atoms with Crippen LogP contribution in [0.15, 0.2) is 12.1 Å². The largest absolute Gasteiger partial charge is 0.383 e. The van der Waals surface area contributed by atoms with Crippen molar-refractivity contribution in [3.05, 3.63) is 23.4 Å². The number of carbonyl (C=O) groups is 1. The normalized spacial score (nSPS) is 10.3. The van der Waals surface area contributed by atoms with E-state index < -0.39 is 0 Å². The molecule has 112 valence electrons. The number of anilines is 1. The number of ether oxygens (including phenoxy) is 1. The summed E-state index contributed by atoms with van der Waals surface area (Å²) < 4.78 is 4.93. The average molecular weight is 279 g/mol. The minimum absolute atomic E-state index is 0.0821. The fourth-order valence-corrected chi connectivity index (χ4v) is 1.82. The van der Waals surface area contributed by atoms with Crippen LogP contribution in [-0.2, 0) is 11.2 Å². The molecule has 2 N–H and O–H groups in total. The molecule has 5 nitrogen and oxygen atoms in total. The topological polar surface area (TPSA) is 63.2 Å². The van der Waals surface area contributed by atoms with Crippen molar-refractivity contribution >= 4 is 11.7 Å². The minimum Gasteiger partial charge on any atom is -0.383 e. The van der Waals surface area contributed by atoms with Crippen LogP contribution >= 0.6 is 0 Å². The molecule has 0 bridgehead atoms. The van der Waals surface area contributed by atoms with Crippen LogP contribution < -0.4 is 10.6 Å². The van der Waals surface area contributed by atoms with Gasteiger partial charge in [0.15, 0.2) is 0 Å². The van der Waals surface area contributed by atoms with Crippen molar-refractivity contribution in [2.75, 3.05) is 32.1 Å². The van der Waals surface area contributed by atoms with Crippen LogP contribution in [-0.4, -0.2) is 37.7 Å². The molecule has 1 aromatic rings. The summed E-state index contributed by atoms with van der Waals surface area (Å²) in [4.78, 5) is 16.6. The summed E-state index contributed by atoms with van der Waals surface area (Å²) in [5.41, 5.74) is 1.60. The van der Waals surface area contributed by atoms with Crippen molar-refractivity contribution < 1.29 is 9.53 Å². The summed E-state index contributed by atoms with van der Waals surface area (Å²) in [7, 11) is 1.62. The van der Waals surface area contributed by atoms with Gasteiger partial charge in [-0.25, -0.2) is 4.98 Å². The molecule has 0 fully saturated rings. The van der Waals surface area contributed by atoms with Gasteiger partial charge in [0.25, 0.3) is 5.91 Å². The fourth-order valence-electron chi connectivity index (χ4n) is 1.82. The van der Waals surface area contributed by atoms with Crippen molar-refractivity contribution in [2.45, 2.75) is 33.1 Å². The molecule has 1 aromatic heterocycles. The van der Waals surface area contributed by atoms with Crippen LogP contribution in [0, 0.1) is 0 Å². The highest BCUT2D eigenvalue weighted by Gasteiger charge is 2.09. The number of nitrogens with zero attached hydrogens (tertiary/aromatic N) is 1. The quantitative estimate of drug-likeness (QED) is 0.680. The lowest BCUT2D eigenvalue weighted by molar-refractivity contribution is 0.0937. The van der Waals surface area contributed by atoms with Crippen LogP contribution in [0.25, 0.3) is 0 Å². The Morgan fingerprint density at radius 1 is 1.25 bits per heavy atom. The van der Waals surface area contributed by atoms with Gasteiger partial charge in [0.1, 0.15) is 5.82 Å². The third-order valence-corrected chi connectivity index (χ3v) is 2.79. The Balaban J connectivity index is 2.81. The lowest BCUT2D eigenvalue weighted by Crippen LogP contribution is -2.27. The molecule has 0 saturated heterocycles. The van der Waals surface area contributed by atoms with Gasteiger partial charge in [0, 0.05) is 31.5 Å². The number of aromatic nitrogens is 1. The number of methoxy groups -OCH3 is 1. The second kappa shape index (κ2) is 9.31. The Labute approximate surface area is 121 Å². The number of aryl methyl sites for hydroxylation is 1. The SMILES string of the molecule is CCCNc1cc(C(=O)NCCOC)cc(CCC)n1. The Bertz CT molecular complexity index is 422. The van der Waals surface area contributed by atoms with E-state index in [4.69, 9.17) is 4.74 Å². The smallest absolute Gasteiger partial charge is 0.251 e. The highest BCUT2D eigenvalue weighted by molar-refractivity contribution is 5.95. The van der Waals surface area contributed by atoms with Crippen molar-refractivity contribution in [1.82, 2.24) is 10.3 Å². The lowest BCUT2D eigenvalue weighted by atomic mass is 10.1.